The fourth-order valence-electron chi connectivity index (χ4n) is 2.77. The number of ether oxygens (including phenoxy) is 1. The highest BCUT2D eigenvalue weighted by Gasteiger charge is 2.51. The zero-order valence-electron chi connectivity index (χ0n) is 16.5. The van der Waals surface area contributed by atoms with Crippen LogP contribution in [0.1, 0.15) is 52.2 Å². The van der Waals surface area contributed by atoms with E-state index in [-0.39, 0.29) is 13.1 Å². The summed E-state index contributed by atoms with van der Waals surface area (Å²) in [6.45, 7) is 13.2. The summed E-state index contributed by atoms with van der Waals surface area (Å²) in [5.41, 5.74) is 2.32. The van der Waals surface area contributed by atoms with Crippen LogP contribution < -0.4 is 0 Å². The molecule has 2 rings (SSSR count). The van der Waals surface area contributed by atoms with Crippen molar-refractivity contribution in [1.29, 1.82) is 0 Å². The van der Waals surface area contributed by atoms with Crippen LogP contribution in [-0.2, 0) is 25.3 Å². The first-order valence-corrected chi connectivity index (χ1v) is 9.07. The molecule has 4 nitrogen and oxygen atoms in total. The SMILES string of the molecule is C=CCCc1ccc(/C(=C/OC(C)=O)CB2OC(C)(C)C(C)(C)O2)cc1. The first kappa shape index (κ1) is 20.5. The second kappa shape index (κ2) is 8.23. The van der Waals surface area contributed by atoms with Crippen molar-refractivity contribution in [2.24, 2.45) is 0 Å². The molecular formula is C21H29BO4. The van der Waals surface area contributed by atoms with E-state index in [1.807, 2.05) is 45.9 Å². The number of benzene rings is 1. The van der Waals surface area contributed by atoms with E-state index in [1.165, 1.54) is 18.7 Å². The summed E-state index contributed by atoms with van der Waals surface area (Å²) >= 11 is 0. The van der Waals surface area contributed by atoms with Crippen LogP contribution in [0.2, 0.25) is 6.32 Å². The first-order chi connectivity index (χ1) is 12.1. The lowest BCUT2D eigenvalue weighted by Gasteiger charge is -2.32. The molecule has 1 saturated heterocycles. The molecule has 0 saturated carbocycles. The summed E-state index contributed by atoms with van der Waals surface area (Å²) < 4.78 is 17.3. The van der Waals surface area contributed by atoms with Crippen molar-refractivity contribution < 1.29 is 18.8 Å². The zero-order valence-corrected chi connectivity index (χ0v) is 16.5. The standard InChI is InChI=1S/C21H29BO4/c1-7-8-9-17-10-12-18(13-11-17)19(15-24-16(2)23)14-22-25-20(3,4)21(5,6)26-22/h7,10-13,15H,1,8-9,14H2,2-6H3/b19-15+. The monoisotopic (exact) mass is 356 g/mol. The lowest BCUT2D eigenvalue weighted by Crippen LogP contribution is -2.41. The topological polar surface area (TPSA) is 44.8 Å². The molecule has 0 atom stereocenters. The molecule has 0 bridgehead atoms. The Kier molecular flexibility index (Phi) is 6.48. The third-order valence-corrected chi connectivity index (χ3v) is 5.02. The molecule has 0 spiro atoms. The third kappa shape index (κ3) is 5.09. The highest BCUT2D eigenvalue weighted by molar-refractivity contribution is 6.48. The summed E-state index contributed by atoms with van der Waals surface area (Å²) in [4.78, 5) is 11.3. The number of carbonyl (C=O) groups is 1. The van der Waals surface area contributed by atoms with Gasteiger partial charge in [-0.15, -0.1) is 6.58 Å². The van der Waals surface area contributed by atoms with E-state index in [4.69, 9.17) is 14.0 Å². The van der Waals surface area contributed by atoms with Gasteiger partial charge in [-0.25, -0.2) is 0 Å². The minimum atomic E-state index is -0.390. The van der Waals surface area contributed by atoms with Gasteiger partial charge in [-0.2, -0.15) is 0 Å². The number of allylic oxidation sites excluding steroid dienone is 2. The average molecular weight is 356 g/mol. The number of aryl methyl sites for hydroxylation is 1. The lowest BCUT2D eigenvalue weighted by atomic mass is 9.78. The molecule has 26 heavy (non-hydrogen) atoms. The van der Waals surface area contributed by atoms with Gasteiger partial charge in [0.25, 0.3) is 0 Å². The Bertz CT molecular complexity index is 658. The van der Waals surface area contributed by atoms with E-state index in [9.17, 15) is 4.79 Å². The minimum Gasteiger partial charge on any atom is -0.434 e. The van der Waals surface area contributed by atoms with Gasteiger partial charge in [-0.05, 0) is 57.2 Å². The minimum absolute atomic E-state index is 0.348. The molecule has 0 aliphatic carbocycles. The maximum Gasteiger partial charge on any atom is 0.462 e. The first-order valence-electron chi connectivity index (χ1n) is 9.07. The Morgan fingerprint density at radius 3 is 2.23 bits per heavy atom. The van der Waals surface area contributed by atoms with Crippen molar-refractivity contribution >= 4 is 18.7 Å². The van der Waals surface area contributed by atoms with Crippen LogP contribution in [0.4, 0.5) is 0 Å². The zero-order chi connectivity index (χ0) is 19.4. The van der Waals surface area contributed by atoms with Crippen molar-refractivity contribution in [3.63, 3.8) is 0 Å². The van der Waals surface area contributed by atoms with Gasteiger partial charge in [-0.1, -0.05) is 30.3 Å². The van der Waals surface area contributed by atoms with Crippen LogP contribution >= 0.6 is 0 Å². The van der Waals surface area contributed by atoms with Crippen LogP contribution in [0.3, 0.4) is 0 Å². The van der Waals surface area contributed by atoms with Gasteiger partial charge in [0.15, 0.2) is 0 Å². The molecule has 0 amide bonds. The van der Waals surface area contributed by atoms with E-state index < -0.39 is 11.2 Å². The molecule has 0 N–H and O–H groups in total. The molecule has 1 heterocycles. The maximum atomic E-state index is 11.3. The molecule has 1 fully saturated rings. The number of esters is 1. The second-order valence-electron chi connectivity index (χ2n) is 7.67. The van der Waals surface area contributed by atoms with Crippen LogP contribution in [0.15, 0.2) is 43.2 Å². The summed E-state index contributed by atoms with van der Waals surface area (Å²) in [6, 6.07) is 8.26. The fraction of sp³-hybridized carbons (Fsp3) is 0.476. The smallest absolute Gasteiger partial charge is 0.434 e. The van der Waals surface area contributed by atoms with Crippen molar-refractivity contribution in [3.8, 4) is 0 Å². The van der Waals surface area contributed by atoms with Crippen molar-refractivity contribution in [2.75, 3.05) is 0 Å². The largest absolute Gasteiger partial charge is 0.462 e. The van der Waals surface area contributed by atoms with Gasteiger partial charge in [0.1, 0.15) is 0 Å². The number of hydrogen-bond donors (Lipinski definition) is 0. The predicted molar refractivity (Wildman–Crippen MR) is 106 cm³/mol. The predicted octanol–water partition coefficient (Wildman–Crippen LogP) is 4.80. The molecule has 1 aliphatic rings. The van der Waals surface area contributed by atoms with Gasteiger partial charge in [0, 0.05) is 13.2 Å². The normalized spacial score (nSPS) is 18.7. The average Bonchev–Trinajstić information content (AvgIpc) is 2.76. The van der Waals surface area contributed by atoms with Crippen molar-refractivity contribution in [3.05, 3.63) is 54.3 Å². The molecule has 5 heteroatoms. The van der Waals surface area contributed by atoms with E-state index in [0.29, 0.717) is 6.32 Å². The van der Waals surface area contributed by atoms with Gasteiger partial charge >= 0.3 is 13.1 Å². The quantitative estimate of drug-likeness (QED) is 0.305. The van der Waals surface area contributed by atoms with Crippen LogP contribution in [0.25, 0.3) is 5.57 Å². The lowest BCUT2D eigenvalue weighted by molar-refractivity contribution is -0.135. The number of hydrogen-bond acceptors (Lipinski definition) is 4. The molecule has 1 aromatic carbocycles. The summed E-state index contributed by atoms with van der Waals surface area (Å²) in [7, 11) is -0.387. The summed E-state index contributed by atoms with van der Waals surface area (Å²) in [5, 5.41) is 0. The Morgan fingerprint density at radius 1 is 1.15 bits per heavy atom. The highest BCUT2D eigenvalue weighted by Crippen LogP contribution is 2.39. The molecular weight excluding hydrogens is 327 g/mol. The van der Waals surface area contributed by atoms with E-state index in [0.717, 1.165) is 24.0 Å². The molecule has 0 radical (unpaired) electrons. The van der Waals surface area contributed by atoms with Gasteiger partial charge in [0.2, 0.25) is 0 Å². The van der Waals surface area contributed by atoms with Gasteiger partial charge in [-0.3, -0.25) is 4.79 Å². The van der Waals surface area contributed by atoms with Crippen LogP contribution in [0, 0.1) is 0 Å². The van der Waals surface area contributed by atoms with Gasteiger partial charge in [0.05, 0.1) is 17.5 Å². The molecule has 140 valence electrons. The summed E-state index contributed by atoms with van der Waals surface area (Å²) in [6.07, 6.45) is 5.84. The molecule has 0 aromatic heterocycles. The fourth-order valence-corrected chi connectivity index (χ4v) is 2.77. The maximum absolute atomic E-state index is 11.3. The molecule has 1 aliphatic heterocycles. The second-order valence-corrected chi connectivity index (χ2v) is 7.67. The van der Waals surface area contributed by atoms with E-state index in [2.05, 4.69) is 18.7 Å². The van der Waals surface area contributed by atoms with E-state index >= 15 is 0 Å². The van der Waals surface area contributed by atoms with Crippen molar-refractivity contribution in [1.82, 2.24) is 0 Å². The Labute approximate surface area is 157 Å². The van der Waals surface area contributed by atoms with Gasteiger partial charge < -0.3 is 14.0 Å². The summed E-state index contributed by atoms with van der Waals surface area (Å²) in [5.74, 6) is -0.348. The Balaban J connectivity index is 2.18. The highest BCUT2D eigenvalue weighted by atomic mass is 16.7. The number of rotatable bonds is 7. The number of carbonyl (C=O) groups excluding carboxylic acids is 1. The Morgan fingerprint density at radius 2 is 1.73 bits per heavy atom. The van der Waals surface area contributed by atoms with Crippen molar-refractivity contribution in [2.45, 2.75) is 65.0 Å². The van der Waals surface area contributed by atoms with E-state index in [1.54, 1.807) is 0 Å². The van der Waals surface area contributed by atoms with Crippen LogP contribution in [0.5, 0.6) is 0 Å². The Hall–Kier alpha value is -1.85. The molecule has 0 unspecified atom stereocenters. The third-order valence-electron chi connectivity index (χ3n) is 5.02. The van der Waals surface area contributed by atoms with Crippen LogP contribution in [-0.4, -0.2) is 24.3 Å². The molecule has 1 aromatic rings.